The minimum Gasteiger partial charge on any atom is -0.396 e. The minimum atomic E-state index is -0.0814. The molecule has 0 fully saturated rings. The summed E-state index contributed by atoms with van der Waals surface area (Å²) in [4.78, 5) is 12.6. The number of rotatable bonds is 5. The SMILES string of the molecule is O=C(CCO)NCCc1ccc2c(c1)CCCS2. The standard InChI is InChI=1S/C14H19NO2S/c16-8-6-14(17)15-7-5-11-3-4-13-12(10-11)2-1-9-18-13/h3-4,10,16H,1-2,5-9H2,(H,15,17). The van der Waals surface area contributed by atoms with E-state index < -0.39 is 0 Å². The van der Waals surface area contributed by atoms with Gasteiger partial charge in [0, 0.05) is 17.9 Å². The van der Waals surface area contributed by atoms with Gasteiger partial charge in [0.2, 0.25) is 5.91 Å². The van der Waals surface area contributed by atoms with Crippen LogP contribution in [0.1, 0.15) is 24.0 Å². The third-order valence-electron chi connectivity index (χ3n) is 3.05. The topological polar surface area (TPSA) is 49.3 Å². The second-order valence-electron chi connectivity index (χ2n) is 4.47. The summed E-state index contributed by atoms with van der Waals surface area (Å²) in [5.41, 5.74) is 2.73. The molecular weight excluding hydrogens is 246 g/mol. The van der Waals surface area contributed by atoms with Crippen molar-refractivity contribution in [3.8, 4) is 0 Å². The third kappa shape index (κ3) is 3.75. The van der Waals surface area contributed by atoms with Crippen molar-refractivity contribution < 1.29 is 9.90 Å². The van der Waals surface area contributed by atoms with Crippen LogP contribution in [0.4, 0.5) is 0 Å². The van der Waals surface area contributed by atoms with Gasteiger partial charge in [-0.2, -0.15) is 0 Å². The first-order chi connectivity index (χ1) is 8.79. The maximum Gasteiger partial charge on any atom is 0.222 e. The van der Waals surface area contributed by atoms with Crippen LogP contribution in [-0.2, 0) is 17.6 Å². The minimum absolute atomic E-state index is 0.0778. The number of nitrogens with one attached hydrogen (secondary N) is 1. The van der Waals surface area contributed by atoms with Gasteiger partial charge in [-0.05, 0) is 42.2 Å². The predicted molar refractivity (Wildman–Crippen MR) is 73.9 cm³/mol. The molecular formula is C14H19NO2S. The molecule has 1 aliphatic rings. The molecule has 0 bridgehead atoms. The van der Waals surface area contributed by atoms with Crippen LogP contribution in [0.2, 0.25) is 0 Å². The van der Waals surface area contributed by atoms with Gasteiger partial charge in [0.15, 0.2) is 0 Å². The smallest absolute Gasteiger partial charge is 0.222 e. The van der Waals surface area contributed by atoms with Gasteiger partial charge in [0.25, 0.3) is 0 Å². The molecule has 1 aliphatic heterocycles. The number of benzene rings is 1. The Kier molecular flexibility index (Phi) is 5.08. The molecule has 1 heterocycles. The second-order valence-corrected chi connectivity index (χ2v) is 5.60. The molecule has 1 aromatic rings. The summed E-state index contributed by atoms with van der Waals surface area (Å²) in [5, 5.41) is 11.4. The molecule has 18 heavy (non-hydrogen) atoms. The summed E-state index contributed by atoms with van der Waals surface area (Å²) >= 11 is 1.94. The van der Waals surface area contributed by atoms with Gasteiger partial charge in [-0.15, -0.1) is 11.8 Å². The molecule has 2 rings (SSSR count). The summed E-state index contributed by atoms with van der Waals surface area (Å²) in [6, 6.07) is 6.61. The average Bonchev–Trinajstić information content (AvgIpc) is 2.39. The average molecular weight is 265 g/mol. The molecule has 3 nitrogen and oxygen atoms in total. The molecule has 0 aromatic heterocycles. The summed E-state index contributed by atoms with van der Waals surface area (Å²) < 4.78 is 0. The van der Waals surface area contributed by atoms with E-state index in [-0.39, 0.29) is 18.9 Å². The summed E-state index contributed by atoms with van der Waals surface area (Å²) in [6.07, 6.45) is 3.48. The molecule has 4 heteroatoms. The summed E-state index contributed by atoms with van der Waals surface area (Å²) in [5.74, 6) is 1.15. The van der Waals surface area contributed by atoms with Crippen molar-refractivity contribution in [2.45, 2.75) is 30.6 Å². The van der Waals surface area contributed by atoms with E-state index in [1.807, 2.05) is 11.8 Å². The predicted octanol–water partition coefficient (Wildman–Crippen LogP) is 1.77. The zero-order chi connectivity index (χ0) is 12.8. The number of carbonyl (C=O) groups excluding carboxylic acids is 1. The molecule has 98 valence electrons. The lowest BCUT2D eigenvalue weighted by Crippen LogP contribution is -2.26. The molecule has 1 aromatic carbocycles. The Bertz CT molecular complexity index is 420. The number of hydrogen-bond donors (Lipinski definition) is 2. The van der Waals surface area contributed by atoms with Crippen molar-refractivity contribution in [3.05, 3.63) is 29.3 Å². The Morgan fingerprint density at radius 1 is 1.44 bits per heavy atom. The number of carbonyl (C=O) groups is 1. The Hall–Kier alpha value is -1.00. The Morgan fingerprint density at radius 2 is 2.33 bits per heavy atom. The summed E-state index contributed by atoms with van der Waals surface area (Å²) in [7, 11) is 0. The molecule has 0 aliphatic carbocycles. The Labute approximate surface area is 112 Å². The first kappa shape index (κ1) is 13.4. The molecule has 0 atom stereocenters. The number of aliphatic hydroxyl groups is 1. The molecule has 0 saturated heterocycles. The van der Waals surface area contributed by atoms with Gasteiger partial charge in [0.1, 0.15) is 0 Å². The van der Waals surface area contributed by atoms with Crippen LogP contribution in [0, 0.1) is 0 Å². The van der Waals surface area contributed by atoms with Crippen molar-refractivity contribution >= 4 is 17.7 Å². The first-order valence-electron chi connectivity index (χ1n) is 6.42. The number of hydrogen-bond acceptors (Lipinski definition) is 3. The maximum absolute atomic E-state index is 11.2. The fourth-order valence-corrected chi connectivity index (χ4v) is 3.12. The lowest BCUT2D eigenvalue weighted by Gasteiger charge is -2.16. The zero-order valence-corrected chi connectivity index (χ0v) is 11.3. The van der Waals surface area contributed by atoms with Crippen molar-refractivity contribution in [3.63, 3.8) is 0 Å². The third-order valence-corrected chi connectivity index (χ3v) is 4.25. The monoisotopic (exact) mass is 265 g/mol. The number of aryl methyl sites for hydroxylation is 1. The van der Waals surface area contributed by atoms with Crippen molar-refractivity contribution in [1.82, 2.24) is 5.32 Å². The van der Waals surface area contributed by atoms with Crippen LogP contribution < -0.4 is 5.32 Å². The van der Waals surface area contributed by atoms with E-state index in [9.17, 15) is 4.79 Å². The highest BCUT2D eigenvalue weighted by molar-refractivity contribution is 7.99. The van der Waals surface area contributed by atoms with Gasteiger partial charge >= 0.3 is 0 Å². The maximum atomic E-state index is 11.2. The van der Waals surface area contributed by atoms with Crippen LogP contribution >= 0.6 is 11.8 Å². The summed E-state index contributed by atoms with van der Waals surface area (Å²) in [6.45, 7) is 0.562. The largest absolute Gasteiger partial charge is 0.396 e. The first-order valence-corrected chi connectivity index (χ1v) is 7.40. The van der Waals surface area contributed by atoms with Crippen molar-refractivity contribution in [1.29, 1.82) is 0 Å². The lowest BCUT2D eigenvalue weighted by molar-refractivity contribution is -0.121. The lowest BCUT2D eigenvalue weighted by atomic mass is 10.0. The van der Waals surface area contributed by atoms with E-state index >= 15 is 0 Å². The van der Waals surface area contributed by atoms with Crippen LogP contribution in [0.3, 0.4) is 0 Å². The van der Waals surface area contributed by atoms with Gasteiger partial charge in [-0.3, -0.25) is 4.79 Å². The quantitative estimate of drug-likeness (QED) is 0.853. The van der Waals surface area contributed by atoms with E-state index in [1.165, 1.54) is 34.6 Å². The molecule has 0 unspecified atom stereocenters. The van der Waals surface area contributed by atoms with E-state index in [0.717, 1.165) is 6.42 Å². The van der Waals surface area contributed by atoms with Crippen molar-refractivity contribution in [2.75, 3.05) is 18.9 Å². The highest BCUT2D eigenvalue weighted by atomic mass is 32.2. The van der Waals surface area contributed by atoms with Gasteiger partial charge < -0.3 is 10.4 Å². The highest BCUT2D eigenvalue weighted by Gasteiger charge is 2.09. The van der Waals surface area contributed by atoms with Crippen LogP contribution in [0.15, 0.2) is 23.1 Å². The van der Waals surface area contributed by atoms with E-state index in [4.69, 9.17) is 5.11 Å². The van der Waals surface area contributed by atoms with Crippen LogP contribution in [0.5, 0.6) is 0 Å². The number of fused-ring (bicyclic) bond motifs is 1. The highest BCUT2D eigenvalue weighted by Crippen LogP contribution is 2.30. The number of aliphatic hydroxyl groups excluding tert-OH is 1. The van der Waals surface area contributed by atoms with E-state index in [2.05, 4.69) is 23.5 Å². The second kappa shape index (κ2) is 6.81. The number of amides is 1. The van der Waals surface area contributed by atoms with Crippen molar-refractivity contribution in [2.24, 2.45) is 0 Å². The van der Waals surface area contributed by atoms with Crippen LogP contribution in [0.25, 0.3) is 0 Å². The zero-order valence-electron chi connectivity index (χ0n) is 10.4. The fraction of sp³-hybridized carbons (Fsp3) is 0.500. The van der Waals surface area contributed by atoms with Gasteiger partial charge in [-0.25, -0.2) is 0 Å². The van der Waals surface area contributed by atoms with Crippen LogP contribution in [-0.4, -0.2) is 29.9 Å². The normalized spacial score (nSPS) is 14.1. The Morgan fingerprint density at radius 3 is 3.17 bits per heavy atom. The molecule has 0 saturated carbocycles. The van der Waals surface area contributed by atoms with E-state index in [0.29, 0.717) is 6.54 Å². The fourth-order valence-electron chi connectivity index (χ4n) is 2.11. The Balaban J connectivity index is 1.84. The molecule has 0 spiro atoms. The van der Waals surface area contributed by atoms with E-state index in [1.54, 1.807) is 0 Å². The number of thioether (sulfide) groups is 1. The van der Waals surface area contributed by atoms with Gasteiger partial charge in [-0.1, -0.05) is 12.1 Å². The molecule has 0 radical (unpaired) electrons. The van der Waals surface area contributed by atoms with Gasteiger partial charge in [0.05, 0.1) is 6.61 Å². The molecule has 1 amide bonds. The molecule has 2 N–H and O–H groups in total.